The fourth-order valence-electron chi connectivity index (χ4n) is 1.97. The minimum Gasteiger partial charge on any atom is -0.329 e. The number of rotatable bonds is 5. The van der Waals surface area contributed by atoms with E-state index >= 15 is 0 Å². The summed E-state index contributed by atoms with van der Waals surface area (Å²) in [5.41, 5.74) is 2.57. The minimum atomic E-state index is -0.904. The number of aromatic nitrogens is 1. The molecule has 1 heterocycles. The van der Waals surface area contributed by atoms with Crippen LogP contribution in [0.15, 0.2) is 29.6 Å². The van der Waals surface area contributed by atoms with Crippen LogP contribution in [0, 0.1) is 6.92 Å². The van der Waals surface area contributed by atoms with Gasteiger partial charge in [-0.05, 0) is 31.5 Å². The molecule has 118 valence electrons. The Kier molecular flexibility index (Phi) is 5.68. The molecule has 0 spiro atoms. The van der Waals surface area contributed by atoms with E-state index in [9.17, 15) is 9.00 Å². The first kappa shape index (κ1) is 16.6. The van der Waals surface area contributed by atoms with Crippen molar-refractivity contribution in [1.82, 2.24) is 10.3 Å². The quantitative estimate of drug-likeness (QED) is 0.880. The smallest absolute Gasteiger partial charge is 0.319 e. The number of hydrogen-bond acceptors (Lipinski definition) is 4. The van der Waals surface area contributed by atoms with E-state index in [4.69, 9.17) is 0 Å². The standard InChI is InChI=1S/C15H19N3O2S2/c1-10-8-21-14(16-10)11(2)17-15(19)18-13-6-4-5-12(7-13)9-22(3)20/h4-8,11H,9H2,1-3H3,(H2,17,18,19)/t11-,22+/m0/s1. The zero-order chi connectivity index (χ0) is 16.1. The monoisotopic (exact) mass is 337 g/mol. The third-order valence-electron chi connectivity index (χ3n) is 2.91. The van der Waals surface area contributed by atoms with Crippen LogP contribution in [-0.4, -0.2) is 21.5 Å². The zero-order valence-corrected chi connectivity index (χ0v) is 14.4. The van der Waals surface area contributed by atoms with E-state index in [0.717, 1.165) is 16.3 Å². The largest absolute Gasteiger partial charge is 0.329 e. The molecular weight excluding hydrogens is 318 g/mol. The Hall–Kier alpha value is -1.73. The fraction of sp³-hybridized carbons (Fsp3) is 0.333. The summed E-state index contributed by atoms with van der Waals surface area (Å²) in [5, 5.41) is 8.48. The Balaban J connectivity index is 1.95. The van der Waals surface area contributed by atoms with Gasteiger partial charge in [-0.1, -0.05) is 12.1 Å². The summed E-state index contributed by atoms with van der Waals surface area (Å²) in [4.78, 5) is 16.4. The van der Waals surface area contributed by atoms with Crippen molar-refractivity contribution >= 4 is 33.9 Å². The number of carbonyl (C=O) groups is 1. The highest BCUT2D eigenvalue weighted by Gasteiger charge is 2.12. The molecule has 2 atom stereocenters. The van der Waals surface area contributed by atoms with E-state index < -0.39 is 10.8 Å². The van der Waals surface area contributed by atoms with E-state index in [0.29, 0.717) is 11.4 Å². The predicted octanol–water partition coefficient (Wildman–Crippen LogP) is 3.21. The molecule has 2 amide bonds. The van der Waals surface area contributed by atoms with Crippen LogP contribution in [0.2, 0.25) is 0 Å². The van der Waals surface area contributed by atoms with E-state index in [1.54, 1.807) is 12.3 Å². The first-order chi connectivity index (χ1) is 10.4. The molecule has 2 N–H and O–H groups in total. The molecule has 22 heavy (non-hydrogen) atoms. The summed E-state index contributed by atoms with van der Waals surface area (Å²) >= 11 is 1.53. The average molecular weight is 337 g/mol. The Morgan fingerprint density at radius 1 is 1.45 bits per heavy atom. The van der Waals surface area contributed by atoms with Gasteiger partial charge in [-0.2, -0.15) is 0 Å². The first-order valence-electron chi connectivity index (χ1n) is 6.82. The van der Waals surface area contributed by atoms with Crippen molar-refractivity contribution in [3.8, 4) is 0 Å². The lowest BCUT2D eigenvalue weighted by molar-refractivity contribution is 0.249. The number of nitrogens with zero attached hydrogens (tertiary/aromatic N) is 1. The zero-order valence-electron chi connectivity index (χ0n) is 12.8. The lowest BCUT2D eigenvalue weighted by Gasteiger charge is -2.13. The molecule has 7 heteroatoms. The maximum atomic E-state index is 12.0. The van der Waals surface area contributed by atoms with Crippen LogP contribution < -0.4 is 10.6 Å². The lowest BCUT2D eigenvalue weighted by Crippen LogP contribution is -2.31. The van der Waals surface area contributed by atoms with Crippen LogP contribution in [-0.2, 0) is 16.6 Å². The maximum Gasteiger partial charge on any atom is 0.319 e. The number of nitrogens with one attached hydrogen (secondary N) is 2. The Labute approximate surface area is 136 Å². The highest BCUT2D eigenvalue weighted by Crippen LogP contribution is 2.18. The van der Waals surface area contributed by atoms with Crippen LogP contribution in [0.25, 0.3) is 0 Å². The molecular formula is C15H19N3O2S2. The average Bonchev–Trinajstić information content (AvgIpc) is 2.85. The summed E-state index contributed by atoms with van der Waals surface area (Å²) < 4.78 is 11.3. The van der Waals surface area contributed by atoms with Crippen LogP contribution in [0.3, 0.4) is 0 Å². The molecule has 5 nitrogen and oxygen atoms in total. The summed E-state index contributed by atoms with van der Waals surface area (Å²) in [6, 6.07) is 6.94. The van der Waals surface area contributed by atoms with Gasteiger partial charge in [-0.3, -0.25) is 4.21 Å². The summed E-state index contributed by atoms with van der Waals surface area (Å²) in [5.74, 6) is 0.478. The molecule has 0 saturated heterocycles. The van der Waals surface area contributed by atoms with Gasteiger partial charge in [-0.25, -0.2) is 9.78 Å². The van der Waals surface area contributed by atoms with Crippen molar-refractivity contribution in [2.45, 2.75) is 25.6 Å². The van der Waals surface area contributed by atoms with E-state index in [1.165, 1.54) is 11.3 Å². The van der Waals surface area contributed by atoms with Gasteiger partial charge in [0.25, 0.3) is 0 Å². The summed E-state index contributed by atoms with van der Waals surface area (Å²) in [7, 11) is -0.904. The Bertz CT molecular complexity index is 685. The second-order valence-corrected chi connectivity index (χ2v) is 7.39. The lowest BCUT2D eigenvalue weighted by atomic mass is 10.2. The highest BCUT2D eigenvalue weighted by atomic mass is 32.2. The van der Waals surface area contributed by atoms with E-state index in [1.807, 2.05) is 37.4 Å². The van der Waals surface area contributed by atoms with Crippen LogP contribution in [0.5, 0.6) is 0 Å². The minimum absolute atomic E-state index is 0.148. The van der Waals surface area contributed by atoms with Gasteiger partial charge in [-0.15, -0.1) is 11.3 Å². The van der Waals surface area contributed by atoms with Crippen molar-refractivity contribution in [3.63, 3.8) is 0 Å². The van der Waals surface area contributed by atoms with Crippen molar-refractivity contribution < 1.29 is 9.00 Å². The molecule has 0 aliphatic carbocycles. The number of thiazole rings is 1. The third kappa shape index (κ3) is 4.92. The molecule has 1 aromatic carbocycles. The van der Waals surface area contributed by atoms with Gasteiger partial charge in [0.1, 0.15) is 5.01 Å². The number of carbonyl (C=O) groups excluding carboxylic acids is 1. The summed E-state index contributed by atoms with van der Waals surface area (Å²) in [6.45, 7) is 3.82. The second kappa shape index (κ2) is 7.51. The van der Waals surface area contributed by atoms with Gasteiger partial charge in [0.2, 0.25) is 0 Å². The van der Waals surface area contributed by atoms with Crippen molar-refractivity contribution in [1.29, 1.82) is 0 Å². The van der Waals surface area contributed by atoms with Gasteiger partial charge in [0, 0.05) is 39.6 Å². The third-order valence-corrected chi connectivity index (χ3v) is 4.79. The van der Waals surface area contributed by atoms with Gasteiger partial charge in [0.05, 0.1) is 6.04 Å². The molecule has 0 aliphatic heterocycles. The maximum absolute atomic E-state index is 12.0. The number of anilines is 1. The normalized spacial score (nSPS) is 13.4. The van der Waals surface area contributed by atoms with Gasteiger partial charge in [0.15, 0.2) is 0 Å². The summed E-state index contributed by atoms with van der Waals surface area (Å²) in [6.07, 6.45) is 1.66. The number of benzene rings is 1. The number of urea groups is 1. The molecule has 0 fully saturated rings. The first-order valence-corrected chi connectivity index (χ1v) is 9.43. The fourth-order valence-corrected chi connectivity index (χ4v) is 3.42. The second-order valence-electron chi connectivity index (χ2n) is 5.07. The van der Waals surface area contributed by atoms with Crippen LogP contribution in [0.4, 0.5) is 10.5 Å². The van der Waals surface area contributed by atoms with Crippen molar-refractivity contribution in [3.05, 3.63) is 45.9 Å². The molecule has 0 saturated carbocycles. The van der Waals surface area contributed by atoms with E-state index in [2.05, 4.69) is 15.6 Å². The molecule has 0 aliphatic rings. The topological polar surface area (TPSA) is 71.1 Å². The van der Waals surface area contributed by atoms with Crippen molar-refractivity contribution in [2.75, 3.05) is 11.6 Å². The van der Waals surface area contributed by atoms with Gasteiger partial charge < -0.3 is 10.6 Å². The Morgan fingerprint density at radius 2 is 2.23 bits per heavy atom. The van der Waals surface area contributed by atoms with Gasteiger partial charge >= 0.3 is 6.03 Å². The number of amides is 2. The molecule has 2 aromatic rings. The predicted molar refractivity (Wildman–Crippen MR) is 91.6 cm³/mol. The molecule has 0 unspecified atom stereocenters. The highest BCUT2D eigenvalue weighted by molar-refractivity contribution is 7.83. The number of aryl methyl sites for hydroxylation is 1. The molecule has 0 radical (unpaired) electrons. The molecule has 2 rings (SSSR count). The SMILES string of the molecule is Cc1csc([C@H](C)NC(=O)Nc2cccc(C[S@@](C)=O)c2)n1. The van der Waals surface area contributed by atoms with Crippen molar-refractivity contribution in [2.24, 2.45) is 0 Å². The molecule has 1 aromatic heterocycles. The van der Waals surface area contributed by atoms with Crippen LogP contribution >= 0.6 is 11.3 Å². The van der Waals surface area contributed by atoms with E-state index in [-0.39, 0.29) is 12.1 Å². The number of hydrogen-bond donors (Lipinski definition) is 2. The van der Waals surface area contributed by atoms with Crippen LogP contribution in [0.1, 0.15) is 29.2 Å². The Morgan fingerprint density at radius 3 is 2.86 bits per heavy atom. The molecule has 0 bridgehead atoms.